The molecule has 0 bridgehead atoms. The summed E-state index contributed by atoms with van der Waals surface area (Å²) in [6.45, 7) is -0.687. The van der Waals surface area contributed by atoms with Crippen molar-refractivity contribution in [2.45, 2.75) is 18.0 Å². The van der Waals surface area contributed by atoms with E-state index in [-0.39, 0.29) is 17.0 Å². The van der Waals surface area contributed by atoms with Crippen molar-refractivity contribution in [2.24, 2.45) is 0 Å². The normalized spacial score (nSPS) is 11.8. The molecule has 1 aromatic heterocycles. The summed E-state index contributed by atoms with van der Waals surface area (Å²) in [6, 6.07) is 4.27. The number of hydrogen-bond acceptors (Lipinski definition) is 4. The molecule has 0 amide bonds. The minimum atomic E-state index is -3.84. The van der Waals surface area contributed by atoms with E-state index in [0.717, 1.165) is 17.4 Å². The van der Waals surface area contributed by atoms with Crippen LogP contribution in [-0.2, 0) is 23.2 Å². The molecule has 0 atom stereocenters. The number of hydrogen-bond donors (Lipinski definition) is 2. The highest BCUT2D eigenvalue weighted by Gasteiger charge is 2.19. The second kappa shape index (κ2) is 5.96. The van der Waals surface area contributed by atoms with Crippen LogP contribution in [0.3, 0.4) is 0 Å². The zero-order chi connectivity index (χ0) is 14.8. The maximum absolute atomic E-state index is 13.4. The van der Waals surface area contributed by atoms with E-state index in [0.29, 0.717) is 10.9 Å². The van der Waals surface area contributed by atoms with E-state index in [1.54, 1.807) is 5.38 Å². The summed E-state index contributed by atoms with van der Waals surface area (Å²) in [7, 11) is -3.84. The van der Waals surface area contributed by atoms with Crippen LogP contribution >= 0.6 is 11.3 Å². The molecule has 2 rings (SSSR count). The summed E-state index contributed by atoms with van der Waals surface area (Å²) in [4.78, 5) is 0.268. The Balaban J connectivity index is 2.17. The largest absolute Gasteiger partial charge is 0.391 e. The molecule has 0 unspecified atom stereocenters. The van der Waals surface area contributed by atoms with Crippen LogP contribution < -0.4 is 4.72 Å². The predicted octanol–water partition coefficient (Wildman–Crippen LogP) is 2.00. The van der Waals surface area contributed by atoms with E-state index >= 15 is 0 Å². The minimum Gasteiger partial charge on any atom is -0.391 e. The first kappa shape index (κ1) is 15.0. The summed E-state index contributed by atoms with van der Waals surface area (Å²) >= 11 is 1.11. The van der Waals surface area contributed by atoms with Crippen molar-refractivity contribution in [3.8, 4) is 0 Å². The summed E-state index contributed by atoms with van der Waals surface area (Å²) in [5, 5.41) is 10.6. The van der Waals surface area contributed by atoms with Crippen molar-refractivity contribution in [2.75, 3.05) is 0 Å². The van der Waals surface area contributed by atoms with Gasteiger partial charge in [0, 0.05) is 23.1 Å². The van der Waals surface area contributed by atoms with E-state index in [4.69, 9.17) is 5.11 Å². The van der Waals surface area contributed by atoms with Gasteiger partial charge in [0.05, 0.1) is 11.5 Å². The monoisotopic (exact) mass is 319 g/mol. The third-order valence-corrected chi connectivity index (χ3v) is 5.13. The predicted molar refractivity (Wildman–Crippen MR) is 70.6 cm³/mol. The molecular formula is C12H11F2NO3S2. The van der Waals surface area contributed by atoms with Crippen molar-refractivity contribution >= 4 is 21.4 Å². The third kappa shape index (κ3) is 3.21. The fourth-order valence-electron chi connectivity index (χ4n) is 1.60. The Morgan fingerprint density at radius 3 is 2.65 bits per heavy atom. The van der Waals surface area contributed by atoms with Crippen LogP contribution in [-0.4, -0.2) is 13.5 Å². The van der Waals surface area contributed by atoms with Gasteiger partial charge in [-0.15, -0.1) is 11.3 Å². The lowest BCUT2D eigenvalue weighted by atomic mass is 10.2. The van der Waals surface area contributed by atoms with Gasteiger partial charge in [0.1, 0.15) is 11.6 Å². The first-order valence-corrected chi connectivity index (χ1v) is 7.91. The summed E-state index contributed by atoms with van der Waals surface area (Å²) in [5.41, 5.74) is 0.0377. The Hall–Kier alpha value is -1.35. The molecule has 0 spiro atoms. The molecule has 0 aliphatic carbocycles. The van der Waals surface area contributed by atoms with Crippen LogP contribution in [0.4, 0.5) is 8.78 Å². The molecule has 0 saturated heterocycles. The molecule has 0 radical (unpaired) electrons. The smallest absolute Gasteiger partial charge is 0.242 e. The molecule has 1 aromatic carbocycles. The topological polar surface area (TPSA) is 66.4 Å². The fourth-order valence-corrected chi connectivity index (χ4v) is 3.90. The van der Waals surface area contributed by atoms with E-state index < -0.39 is 28.3 Å². The molecule has 0 saturated carbocycles. The fraction of sp³-hybridized carbons (Fsp3) is 0.167. The number of benzene rings is 1. The van der Waals surface area contributed by atoms with Crippen LogP contribution in [0.5, 0.6) is 0 Å². The maximum Gasteiger partial charge on any atom is 0.242 e. The van der Waals surface area contributed by atoms with Gasteiger partial charge in [0.15, 0.2) is 0 Å². The second-order valence-electron chi connectivity index (χ2n) is 3.93. The zero-order valence-electron chi connectivity index (χ0n) is 10.1. The van der Waals surface area contributed by atoms with E-state index in [9.17, 15) is 17.2 Å². The molecule has 0 fully saturated rings. The molecule has 0 aliphatic rings. The van der Waals surface area contributed by atoms with E-state index in [1.807, 2.05) is 0 Å². The van der Waals surface area contributed by atoms with Crippen molar-refractivity contribution in [1.82, 2.24) is 4.72 Å². The molecule has 4 nitrogen and oxygen atoms in total. The number of sulfonamides is 1. The minimum absolute atomic E-state index is 0.0347. The number of aliphatic hydroxyl groups is 1. The van der Waals surface area contributed by atoms with Gasteiger partial charge >= 0.3 is 0 Å². The Labute approximate surface area is 118 Å². The molecule has 2 aromatic rings. The molecule has 108 valence electrons. The SMILES string of the molecule is O=S(=O)(NCc1ccc(F)cc1F)c1ccsc1CO. The number of aliphatic hydroxyl groups excluding tert-OH is 1. The molecule has 8 heteroatoms. The van der Waals surface area contributed by atoms with Crippen LogP contribution in [0.2, 0.25) is 0 Å². The highest BCUT2D eigenvalue weighted by molar-refractivity contribution is 7.89. The second-order valence-corrected chi connectivity index (χ2v) is 6.66. The van der Waals surface area contributed by atoms with Crippen molar-refractivity contribution in [1.29, 1.82) is 0 Å². The molecule has 1 heterocycles. The van der Waals surface area contributed by atoms with E-state index in [2.05, 4.69) is 4.72 Å². The quantitative estimate of drug-likeness (QED) is 0.886. The number of nitrogens with one attached hydrogen (secondary N) is 1. The zero-order valence-corrected chi connectivity index (χ0v) is 11.8. The first-order chi connectivity index (χ1) is 9.44. The van der Waals surface area contributed by atoms with Gasteiger partial charge in [0.25, 0.3) is 0 Å². The van der Waals surface area contributed by atoms with Gasteiger partial charge < -0.3 is 5.11 Å². The van der Waals surface area contributed by atoms with Crippen molar-refractivity contribution in [3.05, 3.63) is 51.7 Å². The Kier molecular flexibility index (Phi) is 4.48. The van der Waals surface area contributed by atoms with Crippen molar-refractivity contribution in [3.63, 3.8) is 0 Å². The van der Waals surface area contributed by atoms with Gasteiger partial charge in [-0.2, -0.15) is 0 Å². The molecule has 20 heavy (non-hydrogen) atoms. The van der Waals surface area contributed by atoms with Gasteiger partial charge in [-0.3, -0.25) is 0 Å². The first-order valence-electron chi connectivity index (χ1n) is 5.55. The third-order valence-electron chi connectivity index (χ3n) is 2.61. The van der Waals surface area contributed by atoms with Gasteiger partial charge in [-0.1, -0.05) is 6.07 Å². The molecule has 0 aliphatic heterocycles. The van der Waals surface area contributed by atoms with E-state index in [1.165, 1.54) is 12.1 Å². The number of rotatable bonds is 5. The number of thiophene rings is 1. The van der Waals surface area contributed by atoms with Crippen molar-refractivity contribution < 1.29 is 22.3 Å². The standard InChI is InChI=1S/C12H11F2NO3S2/c13-9-2-1-8(10(14)5-9)6-15-20(17,18)12-3-4-19-11(12)7-16/h1-5,15-16H,6-7H2. The molecular weight excluding hydrogens is 308 g/mol. The Morgan fingerprint density at radius 1 is 1.25 bits per heavy atom. The molecule has 2 N–H and O–H groups in total. The van der Waals surface area contributed by atoms with Gasteiger partial charge in [0.2, 0.25) is 10.0 Å². The maximum atomic E-state index is 13.4. The Bertz CT molecular complexity index is 713. The highest BCUT2D eigenvalue weighted by atomic mass is 32.2. The average molecular weight is 319 g/mol. The average Bonchev–Trinajstić information content (AvgIpc) is 2.86. The van der Waals surface area contributed by atoms with Gasteiger partial charge in [-0.25, -0.2) is 21.9 Å². The summed E-state index contributed by atoms with van der Waals surface area (Å²) in [5.74, 6) is -1.55. The van der Waals surface area contributed by atoms with Crippen LogP contribution in [0.15, 0.2) is 34.5 Å². The lowest BCUT2D eigenvalue weighted by Gasteiger charge is -2.07. The Morgan fingerprint density at radius 2 is 2.00 bits per heavy atom. The van der Waals surface area contributed by atoms with Crippen LogP contribution in [0, 0.1) is 11.6 Å². The van der Waals surface area contributed by atoms with Crippen LogP contribution in [0.1, 0.15) is 10.4 Å². The number of halogens is 2. The highest BCUT2D eigenvalue weighted by Crippen LogP contribution is 2.22. The van der Waals surface area contributed by atoms with Gasteiger partial charge in [-0.05, 0) is 17.5 Å². The lowest BCUT2D eigenvalue weighted by Crippen LogP contribution is -2.24. The lowest BCUT2D eigenvalue weighted by molar-refractivity contribution is 0.282. The van der Waals surface area contributed by atoms with Crippen LogP contribution in [0.25, 0.3) is 0 Å². The summed E-state index contributed by atoms with van der Waals surface area (Å²) in [6.07, 6.45) is 0. The summed E-state index contributed by atoms with van der Waals surface area (Å²) < 4.78 is 52.4.